The molecule has 0 bridgehead atoms. The maximum Gasteiger partial charge on any atom is 0.416 e. The summed E-state index contributed by atoms with van der Waals surface area (Å²) in [6.45, 7) is 5.40. The zero-order chi connectivity index (χ0) is 25.6. The lowest BCUT2D eigenvalue weighted by Crippen LogP contribution is -2.52. The highest BCUT2D eigenvalue weighted by Gasteiger charge is 2.33. The van der Waals surface area contributed by atoms with Crippen molar-refractivity contribution in [3.05, 3.63) is 65.1 Å². The molecule has 0 spiro atoms. The summed E-state index contributed by atoms with van der Waals surface area (Å²) < 4.78 is 40.9. The number of hydrogen-bond acceptors (Lipinski definition) is 6. The number of imidazole rings is 1. The molecule has 7 nitrogen and oxygen atoms in total. The molecular weight excluding hydrogens is 493 g/mol. The van der Waals surface area contributed by atoms with Crippen molar-refractivity contribution in [1.82, 2.24) is 19.9 Å². The van der Waals surface area contributed by atoms with E-state index in [2.05, 4.69) is 19.9 Å². The molecule has 2 N–H and O–H groups in total. The van der Waals surface area contributed by atoms with E-state index in [1.54, 1.807) is 37.5 Å². The first-order valence-electron chi connectivity index (χ1n) is 11.5. The number of alkyl halides is 3. The number of aliphatic hydroxyl groups excluding tert-OH is 1. The van der Waals surface area contributed by atoms with Gasteiger partial charge in [-0.2, -0.15) is 13.2 Å². The highest BCUT2D eigenvalue weighted by atomic mass is 35.5. The molecule has 5 rings (SSSR count). The number of anilines is 2. The maximum absolute atomic E-state index is 13.6. The van der Waals surface area contributed by atoms with Crippen molar-refractivity contribution >= 4 is 34.4 Å². The minimum absolute atomic E-state index is 0.0300. The number of aromatic nitrogens is 4. The summed E-state index contributed by atoms with van der Waals surface area (Å²) in [5, 5.41) is 10.2. The Morgan fingerprint density at radius 1 is 1.19 bits per heavy atom. The van der Waals surface area contributed by atoms with E-state index < -0.39 is 17.8 Å². The average molecular weight is 517 g/mol. The van der Waals surface area contributed by atoms with Crippen molar-refractivity contribution in [2.75, 3.05) is 29.4 Å². The number of pyridine rings is 2. The number of benzene rings is 1. The number of nitrogens with one attached hydrogen (secondary N) is 1. The number of rotatable bonds is 4. The number of nitrogens with zero attached hydrogens (tertiary/aromatic N) is 5. The summed E-state index contributed by atoms with van der Waals surface area (Å²) in [7, 11) is 0. The van der Waals surface area contributed by atoms with Crippen LogP contribution in [0.1, 0.15) is 31.1 Å². The normalized spacial score (nSPS) is 17.6. The SMILES string of the molecule is CC(O)c1cnc(N2CCN(c3nc4c(-c5cccnc5)cc(C(F)(F)F)cc4[nH]3)[C@H](C)C2)c(Cl)c1. The molecule has 0 amide bonds. The van der Waals surface area contributed by atoms with Crippen LogP contribution in [-0.4, -0.2) is 50.7 Å². The topological polar surface area (TPSA) is 81.2 Å². The molecule has 0 radical (unpaired) electrons. The Morgan fingerprint density at radius 2 is 2.00 bits per heavy atom. The Morgan fingerprint density at radius 3 is 2.64 bits per heavy atom. The number of hydrogen-bond donors (Lipinski definition) is 2. The van der Waals surface area contributed by atoms with Gasteiger partial charge < -0.3 is 19.9 Å². The van der Waals surface area contributed by atoms with Crippen molar-refractivity contribution in [2.45, 2.75) is 32.2 Å². The third-order valence-electron chi connectivity index (χ3n) is 6.40. The molecule has 2 atom stereocenters. The summed E-state index contributed by atoms with van der Waals surface area (Å²) in [5.74, 6) is 1.14. The van der Waals surface area contributed by atoms with Crippen molar-refractivity contribution < 1.29 is 18.3 Å². The van der Waals surface area contributed by atoms with Gasteiger partial charge in [0.2, 0.25) is 5.95 Å². The summed E-state index contributed by atoms with van der Waals surface area (Å²) in [6.07, 6.45) is -0.442. The van der Waals surface area contributed by atoms with Gasteiger partial charge in [-0.3, -0.25) is 4.98 Å². The van der Waals surface area contributed by atoms with E-state index in [1.807, 2.05) is 11.8 Å². The van der Waals surface area contributed by atoms with Crippen molar-refractivity contribution in [2.24, 2.45) is 0 Å². The standard InChI is InChI=1S/C25H24ClF3N6O/c1-14-13-34(23-20(26)8-17(12-31-23)15(2)36)6-7-35(14)24-32-21-10-18(25(27,28)29)9-19(22(21)33-24)16-4-3-5-30-11-16/h3-5,8-12,14-15,36H,6-7,13H2,1-2H3,(H,32,33)/t14-,15?/m1/s1. The van der Waals surface area contributed by atoms with Gasteiger partial charge in [-0.05, 0) is 38.1 Å². The first kappa shape index (κ1) is 24.3. The quantitative estimate of drug-likeness (QED) is 0.375. The second-order valence-corrected chi connectivity index (χ2v) is 9.37. The minimum Gasteiger partial charge on any atom is -0.389 e. The van der Waals surface area contributed by atoms with E-state index in [0.29, 0.717) is 64.1 Å². The fourth-order valence-electron chi connectivity index (χ4n) is 4.52. The Kier molecular flexibility index (Phi) is 6.25. The lowest BCUT2D eigenvalue weighted by molar-refractivity contribution is -0.137. The zero-order valence-electron chi connectivity index (χ0n) is 19.6. The second-order valence-electron chi connectivity index (χ2n) is 8.96. The van der Waals surface area contributed by atoms with Gasteiger partial charge in [0.25, 0.3) is 0 Å². The van der Waals surface area contributed by atoms with Crippen LogP contribution in [-0.2, 0) is 6.18 Å². The molecule has 1 aliphatic rings. The van der Waals surface area contributed by atoms with E-state index in [1.165, 1.54) is 6.20 Å². The number of fused-ring (bicyclic) bond motifs is 1. The third-order valence-corrected chi connectivity index (χ3v) is 6.68. The van der Waals surface area contributed by atoms with Crippen molar-refractivity contribution in [3.8, 4) is 11.1 Å². The molecule has 1 unspecified atom stereocenters. The lowest BCUT2D eigenvalue weighted by Gasteiger charge is -2.40. The van der Waals surface area contributed by atoms with Crippen LogP contribution in [0.2, 0.25) is 5.02 Å². The van der Waals surface area contributed by atoms with Crippen LogP contribution in [0, 0.1) is 0 Å². The Hall–Kier alpha value is -3.37. The second kappa shape index (κ2) is 9.25. The van der Waals surface area contributed by atoms with Crippen LogP contribution in [0.3, 0.4) is 0 Å². The molecule has 0 aliphatic carbocycles. The van der Waals surface area contributed by atoms with Gasteiger partial charge in [-0.15, -0.1) is 0 Å². The van der Waals surface area contributed by atoms with Crippen LogP contribution in [0.15, 0.2) is 48.9 Å². The summed E-state index contributed by atoms with van der Waals surface area (Å²) in [6, 6.07) is 7.30. The monoisotopic (exact) mass is 516 g/mol. The highest BCUT2D eigenvalue weighted by molar-refractivity contribution is 6.33. The largest absolute Gasteiger partial charge is 0.416 e. The van der Waals surface area contributed by atoms with E-state index in [0.717, 1.165) is 12.1 Å². The predicted molar refractivity (Wildman–Crippen MR) is 133 cm³/mol. The molecule has 0 saturated carbocycles. The molecular formula is C25H24ClF3N6O. The number of H-pyrrole nitrogens is 1. The number of halogens is 4. The average Bonchev–Trinajstić information content (AvgIpc) is 3.27. The predicted octanol–water partition coefficient (Wildman–Crippen LogP) is 5.46. The van der Waals surface area contributed by atoms with Gasteiger partial charge in [0.1, 0.15) is 5.82 Å². The number of piperazine rings is 1. The lowest BCUT2D eigenvalue weighted by atomic mass is 10.0. The van der Waals surface area contributed by atoms with Gasteiger partial charge in [-0.25, -0.2) is 9.97 Å². The molecule has 1 aromatic carbocycles. The van der Waals surface area contributed by atoms with Crippen molar-refractivity contribution in [1.29, 1.82) is 0 Å². The molecule has 1 aliphatic heterocycles. The zero-order valence-corrected chi connectivity index (χ0v) is 20.3. The van der Waals surface area contributed by atoms with Crippen LogP contribution in [0.4, 0.5) is 24.9 Å². The molecule has 188 valence electrons. The first-order chi connectivity index (χ1) is 17.1. The van der Waals surface area contributed by atoms with Gasteiger partial charge in [-0.1, -0.05) is 17.7 Å². The maximum atomic E-state index is 13.6. The number of aromatic amines is 1. The smallest absolute Gasteiger partial charge is 0.389 e. The third kappa shape index (κ3) is 4.58. The van der Waals surface area contributed by atoms with E-state index in [-0.39, 0.29) is 6.04 Å². The fourth-order valence-corrected chi connectivity index (χ4v) is 4.81. The van der Waals surface area contributed by atoms with Gasteiger partial charge in [0.15, 0.2) is 0 Å². The van der Waals surface area contributed by atoms with Crippen LogP contribution in [0.25, 0.3) is 22.2 Å². The fraction of sp³-hybridized carbons (Fsp3) is 0.320. The van der Waals surface area contributed by atoms with Gasteiger partial charge in [0.05, 0.1) is 27.7 Å². The van der Waals surface area contributed by atoms with Gasteiger partial charge >= 0.3 is 6.18 Å². The Labute approximate surface area is 210 Å². The highest BCUT2D eigenvalue weighted by Crippen LogP contribution is 2.37. The van der Waals surface area contributed by atoms with Gasteiger partial charge in [0, 0.05) is 61.0 Å². The first-order valence-corrected chi connectivity index (χ1v) is 11.9. The molecule has 36 heavy (non-hydrogen) atoms. The summed E-state index contributed by atoms with van der Waals surface area (Å²) >= 11 is 6.44. The number of aliphatic hydroxyl groups is 1. The van der Waals surface area contributed by atoms with E-state index in [9.17, 15) is 18.3 Å². The summed E-state index contributed by atoms with van der Waals surface area (Å²) in [5.41, 5.74) is 1.59. The van der Waals surface area contributed by atoms with E-state index >= 15 is 0 Å². The minimum atomic E-state index is -4.50. The van der Waals surface area contributed by atoms with Crippen LogP contribution >= 0.6 is 11.6 Å². The Bertz CT molecular complexity index is 1390. The molecule has 11 heteroatoms. The van der Waals surface area contributed by atoms with E-state index in [4.69, 9.17) is 16.6 Å². The van der Waals surface area contributed by atoms with Crippen LogP contribution < -0.4 is 9.80 Å². The van der Waals surface area contributed by atoms with Crippen LogP contribution in [0.5, 0.6) is 0 Å². The molecule has 1 saturated heterocycles. The molecule has 4 aromatic rings. The summed E-state index contributed by atoms with van der Waals surface area (Å²) in [4.78, 5) is 20.4. The van der Waals surface area contributed by atoms with Crippen molar-refractivity contribution in [3.63, 3.8) is 0 Å². The molecule has 3 aromatic heterocycles. The Balaban J connectivity index is 1.46. The molecule has 1 fully saturated rings. The molecule has 4 heterocycles.